The molecule has 0 spiro atoms. The summed E-state index contributed by atoms with van der Waals surface area (Å²) in [5.41, 5.74) is 2.33. The second kappa shape index (κ2) is 6.28. The van der Waals surface area contributed by atoms with Crippen molar-refractivity contribution in [1.29, 1.82) is 0 Å². The third-order valence-electron chi connectivity index (χ3n) is 2.44. The Balaban J connectivity index is 2.96. The van der Waals surface area contributed by atoms with Crippen LogP contribution in [0.4, 0.5) is 5.82 Å². The predicted octanol–water partition coefficient (Wildman–Crippen LogP) is 2.12. The summed E-state index contributed by atoms with van der Waals surface area (Å²) in [7, 11) is 1.96. The molecule has 0 saturated heterocycles. The fraction of sp³-hybridized carbons (Fsp3) is 0.462. The Morgan fingerprint density at radius 2 is 2.25 bits per heavy atom. The molecule has 88 valence electrons. The van der Waals surface area contributed by atoms with Gasteiger partial charge < -0.3 is 10.2 Å². The van der Waals surface area contributed by atoms with Gasteiger partial charge in [-0.05, 0) is 38.6 Å². The SMILES string of the molecule is C=CCN(CC)c1cc(CNC)cc(C)n1. The van der Waals surface area contributed by atoms with E-state index in [0.717, 1.165) is 31.1 Å². The van der Waals surface area contributed by atoms with Crippen molar-refractivity contribution in [2.45, 2.75) is 20.4 Å². The minimum atomic E-state index is 0.839. The smallest absolute Gasteiger partial charge is 0.129 e. The monoisotopic (exact) mass is 219 g/mol. The number of nitrogens with one attached hydrogen (secondary N) is 1. The van der Waals surface area contributed by atoms with Crippen LogP contribution in [-0.4, -0.2) is 25.1 Å². The maximum absolute atomic E-state index is 4.56. The molecular formula is C13H21N3. The molecule has 1 rings (SSSR count). The molecule has 0 aliphatic carbocycles. The van der Waals surface area contributed by atoms with Crippen molar-refractivity contribution >= 4 is 5.82 Å². The highest BCUT2D eigenvalue weighted by molar-refractivity contribution is 5.43. The average Bonchev–Trinajstić information content (AvgIpc) is 2.25. The Kier molecular flexibility index (Phi) is 4.99. The number of pyridine rings is 1. The second-order valence-corrected chi connectivity index (χ2v) is 3.83. The van der Waals surface area contributed by atoms with E-state index in [1.165, 1.54) is 5.56 Å². The lowest BCUT2D eigenvalue weighted by molar-refractivity contribution is 0.807. The van der Waals surface area contributed by atoms with Gasteiger partial charge in [-0.3, -0.25) is 0 Å². The highest BCUT2D eigenvalue weighted by Gasteiger charge is 2.06. The van der Waals surface area contributed by atoms with E-state index in [-0.39, 0.29) is 0 Å². The van der Waals surface area contributed by atoms with Gasteiger partial charge in [-0.1, -0.05) is 6.08 Å². The minimum Gasteiger partial charge on any atom is -0.353 e. The van der Waals surface area contributed by atoms with E-state index < -0.39 is 0 Å². The largest absolute Gasteiger partial charge is 0.353 e. The van der Waals surface area contributed by atoms with Gasteiger partial charge in [0.05, 0.1) is 0 Å². The zero-order valence-electron chi connectivity index (χ0n) is 10.5. The van der Waals surface area contributed by atoms with Crippen LogP contribution < -0.4 is 10.2 Å². The Bertz CT molecular complexity index is 347. The Morgan fingerprint density at radius 1 is 1.50 bits per heavy atom. The summed E-state index contributed by atoms with van der Waals surface area (Å²) >= 11 is 0. The first-order chi connectivity index (χ1) is 7.71. The molecule has 0 aromatic carbocycles. The molecule has 1 heterocycles. The molecule has 0 fully saturated rings. The van der Waals surface area contributed by atoms with Crippen molar-refractivity contribution < 1.29 is 0 Å². The van der Waals surface area contributed by atoms with Crippen molar-refractivity contribution in [2.24, 2.45) is 0 Å². The molecule has 3 heteroatoms. The van der Waals surface area contributed by atoms with E-state index in [1.54, 1.807) is 0 Å². The van der Waals surface area contributed by atoms with Crippen LogP contribution in [0.2, 0.25) is 0 Å². The van der Waals surface area contributed by atoms with Crippen LogP contribution in [0.1, 0.15) is 18.2 Å². The number of aryl methyl sites for hydroxylation is 1. The third kappa shape index (κ3) is 3.35. The van der Waals surface area contributed by atoms with E-state index in [9.17, 15) is 0 Å². The van der Waals surface area contributed by atoms with Crippen LogP contribution >= 0.6 is 0 Å². The lowest BCUT2D eigenvalue weighted by Gasteiger charge is -2.21. The first-order valence-electron chi connectivity index (χ1n) is 5.69. The summed E-state index contributed by atoms with van der Waals surface area (Å²) in [6.07, 6.45) is 1.91. The summed E-state index contributed by atoms with van der Waals surface area (Å²) in [6, 6.07) is 4.25. The maximum atomic E-state index is 4.56. The van der Waals surface area contributed by atoms with Gasteiger partial charge in [0.2, 0.25) is 0 Å². The molecule has 0 bridgehead atoms. The highest BCUT2D eigenvalue weighted by atomic mass is 15.2. The van der Waals surface area contributed by atoms with Crippen LogP contribution in [-0.2, 0) is 6.54 Å². The lowest BCUT2D eigenvalue weighted by Crippen LogP contribution is -2.24. The fourth-order valence-corrected chi connectivity index (χ4v) is 1.73. The minimum absolute atomic E-state index is 0.839. The van der Waals surface area contributed by atoms with Crippen molar-refractivity contribution in [3.05, 3.63) is 36.0 Å². The predicted molar refractivity (Wildman–Crippen MR) is 69.8 cm³/mol. The van der Waals surface area contributed by atoms with E-state index in [0.29, 0.717) is 0 Å². The van der Waals surface area contributed by atoms with Gasteiger partial charge in [0.1, 0.15) is 5.82 Å². The van der Waals surface area contributed by atoms with E-state index in [4.69, 9.17) is 0 Å². The summed E-state index contributed by atoms with van der Waals surface area (Å²) < 4.78 is 0. The van der Waals surface area contributed by atoms with Crippen LogP contribution in [0.25, 0.3) is 0 Å². The summed E-state index contributed by atoms with van der Waals surface area (Å²) in [4.78, 5) is 6.76. The normalized spacial score (nSPS) is 10.2. The van der Waals surface area contributed by atoms with E-state index in [1.807, 2.05) is 20.0 Å². The van der Waals surface area contributed by atoms with Crippen molar-refractivity contribution in [1.82, 2.24) is 10.3 Å². The maximum Gasteiger partial charge on any atom is 0.129 e. The van der Waals surface area contributed by atoms with Gasteiger partial charge in [-0.15, -0.1) is 6.58 Å². The standard InChI is InChI=1S/C13H21N3/c1-5-7-16(6-2)13-9-12(10-14-4)8-11(3)15-13/h5,8-9,14H,1,6-7,10H2,2-4H3. The topological polar surface area (TPSA) is 28.2 Å². The van der Waals surface area contributed by atoms with Crippen molar-refractivity contribution in [3.8, 4) is 0 Å². The van der Waals surface area contributed by atoms with E-state index >= 15 is 0 Å². The number of nitrogens with zero attached hydrogens (tertiary/aromatic N) is 2. The van der Waals surface area contributed by atoms with Crippen LogP contribution in [0.5, 0.6) is 0 Å². The molecule has 0 saturated carbocycles. The van der Waals surface area contributed by atoms with Gasteiger partial charge in [0.15, 0.2) is 0 Å². The summed E-state index contributed by atoms with van der Waals surface area (Å²) in [6.45, 7) is 10.6. The van der Waals surface area contributed by atoms with Crippen molar-refractivity contribution in [2.75, 3.05) is 25.0 Å². The quantitative estimate of drug-likeness (QED) is 0.743. The van der Waals surface area contributed by atoms with Gasteiger partial charge in [-0.25, -0.2) is 4.98 Å². The fourth-order valence-electron chi connectivity index (χ4n) is 1.73. The number of anilines is 1. The van der Waals surface area contributed by atoms with Gasteiger partial charge in [0, 0.05) is 25.3 Å². The summed E-state index contributed by atoms with van der Waals surface area (Å²) in [5, 5.41) is 3.16. The Labute approximate surface area is 98.2 Å². The molecule has 1 aromatic rings. The lowest BCUT2D eigenvalue weighted by atomic mass is 10.2. The number of hydrogen-bond donors (Lipinski definition) is 1. The highest BCUT2D eigenvalue weighted by Crippen LogP contribution is 2.14. The van der Waals surface area contributed by atoms with Gasteiger partial charge in [0.25, 0.3) is 0 Å². The van der Waals surface area contributed by atoms with Crippen LogP contribution in [0.15, 0.2) is 24.8 Å². The Morgan fingerprint density at radius 3 is 2.81 bits per heavy atom. The molecule has 1 aromatic heterocycles. The second-order valence-electron chi connectivity index (χ2n) is 3.83. The molecule has 0 aliphatic rings. The van der Waals surface area contributed by atoms with Crippen LogP contribution in [0, 0.1) is 6.92 Å². The average molecular weight is 219 g/mol. The molecule has 0 unspecified atom stereocenters. The van der Waals surface area contributed by atoms with Gasteiger partial charge >= 0.3 is 0 Å². The number of rotatable bonds is 6. The van der Waals surface area contributed by atoms with Gasteiger partial charge in [-0.2, -0.15) is 0 Å². The molecule has 3 nitrogen and oxygen atoms in total. The number of likely N-dealkylation sites (N-methyl/N-ethyl adjacent to an activating group) is 1. The zero-order chi connectivity index (χ0) is 12.0. The number of hydrogen-bond acceptors (Lipinski definition) is 3. The first kappa shape index (κ1) is 12.7. The summed E-state index contributed by atoms with van der Waals surface area (Å²) in [5.74, 6) is 1.03. The number of aromatic nitrogens is 1. The zero-order valence-corrected chi connectivity index (χ0v) is 10.5. The molecule has 0 aliphatic heterocycles. The molecule has 0 atom stereocenters. The van der Waals surface area contributed by atoms with Crippen LogP contribution in [0.3, 0.4) is 0 Å². The molecule has 16 heavy (non-hydrogen) atoms. The first-order valence-corrected chi connectivity index (χ1v) is 5.69. The molecular weight excluding hydrogens is 198 g/mol. The molecule has 1 N–H and O–H groups in total. The third-order valence-corrected chi connectivity index (χ3v) is 2.44. The molecule has 0 amide bonds. The van der Waals surface area contributed by atoms with E-state index in [2.05, 4.69) is 40.8 Å². The Hall–Kier alpha value is -1.35. The molecule has 0 radical (unpaired) electrons. The van der Waals surface area contributed by atoms with Crippen molar-refractivity contribution in [3.63, 3.8) is 0 Å².